The monoisotopic (exact) mass is 311 g/mol. The van der Waals surface area contributed by atoms with Gasteiger partial charge in [-0.25, -0.2) is 4.99 Å². The number of halogens is 3. The number of nitrogens with zero attached hydrogens (tertiary/aromatic N) is 4. The third-order valence-electron chi connectivity index (χ3n) is 3.21. The second-order valence-electron chi connectivity index (χ2n) is 4.58. The number of aliphatic imine (C=N–C) groups is 1. The average molecular weight is 311 g/mol. The fourth-order valence-electron chi connectivity index (χ4n) is 2.08. The van der Waals surface area contributed by atoms with Crippen LogP contribution in [0.4, 0.5) is 24.5 Å². The number of hydrogen-bond acceptors (Lipinski definition) is 5. The van der Waals surface area contributed by atoms with Gasteiger partial charge in [0.15, 0.2) is 11.5 Å². The quantitative estimate of drug-likeness (QED) is 0.929. The maximum atomic E-state index is 12.8. The molecule has 0 bridgehead atoms. The number of nitrogens with two attached hydrogens (primary N) is 1. The number of rotatable bonds is 4. The van der Waals surface area contributed by atoms with Gasteiger partial charge in [-0.05, 0) is 38.1 Å². The molecule has 1 heterocycles. The molecule has 0 aromatic heterocycles. The summed E-state index contributed by atoms with van der Waals surface area (Å²) in [4.78, 5) is 6.05. The van der Waals surface area contributed by atoms with E-state index in [0.717, 1.165) is 18.8 Å². The standard InChI is InChI=1S/C14H16F3N5/c1-3-22(4-2)10-7-5-9(6-8-10)19-11-12(14(15,16)17)20-21-13(11)18/h5-8H,3-4H2,1-2H3,(H2,18,19,21). The van der Waals surface area contributed by atoms with Gasteiger partial charge in [0.2, 0.25) is 0 Å². The Balaban J connectivity index is 2.29. The molecule has 1 aromatic carbocycles. The van der Waals surface area contributed by atoms with E-state index in [9.17, 15) is 13.2 Å². The molecule has 0 aliphatic carbocycles. The van der Waals surface area contributed by atoms with Crippen LogP contribution in [0.1, 0.15) is 13.8 Å². The van der Waals surface area contributed by atoms with Crippen molar-refractivity contribution in [2.45, 2.75) is 20.0 Å². The van der Waals surface area contributed by atoms with Gasteiger partial charge in [0.05, 0.1) is 5.69 Å². The van der Waals surface area contributed by atoms with Crippen LogP contribution in [0.15, 0.2) is 39.5 Å². The van der Waals surface area contributed by atoms with Crippen molar-refractivity contribution in [1.82, 2.24) is 0 Å². The molecule has 0 radical (unpaired) electrons. The first kappa shape index (κ1) is 16.0. The summed E-state index contributed by atoms with van der Waals surface area (Å²) < 4.78 is 38.4. The van der Waals surface area contributed by atoms with Gasteiger partial charge in [-0.3, -0.25) is 0 Å². The molecular weight excluding hydrogens is 295 g/mol. The smallest absolute Gasteiger partial charge is 0.380 e. The first-order valence-electron chi connectivity index (χ1n) is 6.79. The Bertz CT molecular complexity index is 625. The minimum Gasteiger partial charge on any atom is -0.380 e. The van der Waals surface area contributed by atoms with Crippen molar-refractivity contribution < 1.29 is 13.2 Å². The van der Waals surface area contributed by atoms with Gasteiger partial charge in [0, 0.05) is 18.8 Å². The largest absolute Gasteiger partial charge is 0.437 e. The van der Waals surface area contributed by atoms with Gasteiger partial charge in [-0.2, -0.15) is 13.2 Å². The van der Waals surface area contributed by atoms with Gasteiger partial charge in [0.25, 0.3) is 0 Å². The Hall–Kier alpha value is -2.38. The van der Waals surface area contributed by atoms with E-state index in [1.54, 1.807) is 24.3 Å². The molecule has 5 nitrogen and oxygen atoms in total. The van der Waals surface area contributed by atoms with E-state index in [2.05, 4.69) is 20.1 Å². The maximum Gasteiger partial charge on any atom is 0.437 e. The summed E-state index contributed by atoms with van der Waals surface area (Å²) in [6.07, 6.45) is -4.63. The number of benzene rings is 1. The number of amidine groups is 1. The van der Waals surface area contributed by atoms with Crippen LogP contribution in [0, 0.1) is 0 Å². The molecule has 0 fully saturated rings. The van der Waals surface area contributed by atoms with E-state index in [4.69, 9.17) is 5.73 Å². The summed E-state index contributed by atoms with van der Waals surface area (Å²) in [5, 5.41) is 6.31. The van der Waals surface area contributed by atoms with Crippen molar-refractivity contribution in [2.24, 2.45) is 20.9 Å². The highest BCUT2D eigenvalue weighted by molar-refractivity contribution is 6.70. The van der Waals surface area contributed by atoms with Gasteiger partial charge >= 0.3 is 6.18 Å². The Labute approximate surface area is 126 Å². The predicted octanol–water partition coefficient (Wildman–Crippen LogP) is 2.89. The molecular formula is C14H16F3N5. The summed E-state index contributed by atoms with van der Waals surface area (Å²) in [5.74, 6) is -0.333. The van der Waals surface area contributed by atoms with Crippen molar-refractivity contribution in [2.75, 3.05) is 18.0 Å². The maximum absolute atomic E-state index is 12.8. The van der Waals surface area contributed by atoms with Crippen molar-refractivity contribution in [3.63, 3.8) is 0 Å². The first-order valence-corrected chi connectivity index (χ1v) is 6.79. The third kappa shape index (κ3) is 3.26. The highest BCUT2D eigenvalue weighted by Crippen LogP contribution is 2.24. The lowest BCUT2D eigenvalue weighted by Gasteiger charge is -2.20. The molecule has 0 atom stereocenters. The average Bonchev–Trinajstić information content (AvgIpc) is 2.83. The van der Waals surface area contributed by atoms with E-state index >= 15 is 0 Å². The fraction of sp³-hybridized carbons (Fsp3) is 0.357. The molecule has 0 saturated heterocycles. The van der Waals surface area contributed by atoms with Crippen molar-refractivity contribution in [3.05, 3.63) is 24.3 Å². The summed E-state index contributed by atoms with van der Waals surface area (Å²) in [6, 6.07) is 6.89. The molecule has 1 aliphatic rings. The Morgan fingerprint density at radius 3 is 2.18 bits per heavy atom. The predicted molar refractivity (Wildman–Crippen MR) is 82.2 cm³/mol. The molecule has 0 unspecified atom stereocenters. The molecule has 8 heteroatoms. The zero-order valence-corrected chi connectivity index (χ0v) is 12.2. The van der Waals surface area contributed by atoms with Crippen LogP contribution in [-0.2, 0) is 0 Å². The van der Waals surface area contributed by atoms with Crippen LogP contribution in [-0.4, -0.2) is 36.5 Å². The van der Waals surface area contributed by atoms with Gasteiger partial charge in [-0.1, -0.05) is 0 Å². The van der Waals surface area contributed by atoms with Crippen molar-refractivity contribution in [3.8, 4) is 0 Å². The Morgan fingerprint density at radius 2 is 1.68 bits per heavy atom. The molecule has 118 valence electrons. The van der Waals surface area contributed by atoms with Crippen molar-refractivity contribution in [1.29, 1.82) is 0 Å². The molecule has 22 heavy (non-hydrogen) atoms. The molecule has 2 N–H and O–H groups in total. The fourth-order valence-corrected chi connectivity index (χ4v) is 2.08. The molecule has 1 aliphatic heterocycles. The van der Waals surface area contributed by atoms with E-state index in [1.165, 1.54) is 0 Å². The lowest BCUT2D eigenvalue weighted by Crippen LogP contribution is -2.36. The molecule has 0 amide bonds. The van der Waals surface area contributed by atoms with E-state index in [0.29, 0.717) is 5.69 Å². The Kier molecular flexibility index (Phi) is 4.48. The van der Waals surface area contributed by atoms with Crippen LogP contribution in [0.25, 0.3) is 0 Å². The SMILES string of the molecule is CCN(CC)c1ccc(N=C2C(N)=NN=C2C(F)(F)F)cc1. The molecule has 2 rings (SSSR count). The normalized spacial score (nSPS) is 16.7. The highest BCUT2D eigenvalue weighted by atomic mass is 19.4. The second-order valence-corrected chi connectivity index (χ2v) is 4.58. The van der Waals surface area contributed by atoms with Crippen LogP contribution < -0.4 is 10.6 Å². The number of alkyl halides is 3. The number of anilines is 1. The minimum atomic E-state index is -4.63. The zero-order valence-electron chi connectivity index (χ0n) is 12.2. The van der Waals surface area contributed by atoms with Gasteiger partial charge < -0.3 is 10.6 Å². The minimum absolute atomic E-state index is 0.333. The highest BCUT2D eigenvalue weighted by Gasteiger charge is 2.43. The molecule has 1 aromatic rings. The number of hydrogen-bond donors (Lipinski definition) is 1. The first-order chi connectivity index (χ1) is 10.4. The summed E-state index contributed by atoms with van der Waals surface area (Å²) >= 11 is 0. The summed E-state index contributed by atoms with van der Waals surface area (Å²) in [6.45, 7) is 5.74. The van der Waals surface area contributed by atoms with E-state index in [-0.39, 0.29) is 5.84 Å². The zero-order chi connectivity index (χ0) is 16.3. The molecule has 0 saturated carbocycles. The van der Waals surface area contributed by atoms with Gasteiger partial charge in [0.1, 0.15) is 5.71 Å². The second kappa shape index (κ2) is 6.17. The molecule has 0 spiro atoms. The third-order valence-corrected chi connectivity index (χ3v) is 3.21. The van der Waals surface area contributed by atoms with Crippen LogP contribution >= 0.6 is 0 Å². The van der Waals surface area contributed by atoms with Crippen LogP contribution in [0.5, 0.6) is 0 Å². The van der Waals surface area contributed by atoms with Crippen LogP contribution in [0.2, 0.25) is 0 Å². The van der Waals surface area contributed by atoms with E-state index < -0.39 is 17.6 Å². The summed E-state index contributed by atoms with van der Waals surface area (Å²) in [7, 11) is 0. The topological polar surface area (TPSA) is 66.3 Å². The van der Waals surface area contributed by atoms with E-state index in [1.807, 2.05) is 13.8 Å². The lowest BCUT2D eigenvalue weighted by atomic mass is 10.2. The van der Waals surface area contributed by atoms with Crippen LogP contribution in [0.3, 0.4) is 0 Å². The van der Waals surface area contributed by atoms with Gasteiger partial charge in [-0.15, -0.1) is 10.2 Å². The van der Waals surface area contributed by atoms with Crippen molar-refractivity contribution >= 4 is 28.6 Å². The Morgan fingerprint density at radius 1 is 1.09 bits per heavy atom. The summed E-state index contributed by atoms with van der Waals surface area (Å²) in [5.41, 5.74) is 5.16. The lowest BCUT2D eigenvalue weighted by molar-refractivity contribution is -0.0565.